The zero-order chi connectivity index (χ0) is 30.8. The SMILES string of the molecule is Cc1[nH]c2ccc(-c3cc(C(=O)N4CCN(C5CCN(C(=O)OC(C)C)CC5)CC4)cc(-c4ccccc4)n3)cc2c1C#N. The van der Waals surface area contributed by atoms with E-state index in [2.05, 4.69) is 16.0 Å². The van der Waals surface area contributed by atoms with Crippen molar-refractivity contribution in [2.24, 2.45) is 0 Å². The van der Waals surface area contributed by atoms with Crippen molar-refractivity contribution >= 4 is 22.9 Å². The number of piperidine rings is 1. The lowest BCUT2D eigenvalue weighted by Crippen LogP contribution is -2.54. The summed E-state index contributed by atoms with van der Waals surface area (Å²) in [5.74, 6) is -0.00647. The molecule has 9 heteroatoms. The van der Waals surface area contributed by atoms with Gasteiger partial charge in [0.05, 0.1) is 23.1 Å². The molecule has 0 atom stereocenters. The first kappa shape index (κ1) is 29.4. The molecule has 2 aliphatic rings. The molecule has 2 aromatic heterocycles. The highest BCUT2D eigenvalue weighted by Gasteiger charge is 2.31. The number of carbonyl (C=O) groups excluding carboxylic acids is 2. The second-order valence-corrected chi connectivity index (χ2v) is 12.0. The van der Waals surface area contributed by atoms with Crippen molar-refractivity contribution in [3.63, 3.8) is 0 Å². The number of hydrogen-bond donors (Lipinski definition) is 1. The number of ether oxygens (including phenoxy) is 1. The summed E-state index contributed by atoms with van der Waals surface area (Å²) >= 11 is 0. The van der Waals surface area contributed by atoms with Crippen LogP contribution in [0.2, 0.25) is 0 Å². The zero-order valence-corrected chi connectivity index (χ0v) is 25.5. The van der Waals surface area contributed by atoms with Crippen molar-refractivity contribution in [1.82, 2.24) is 24.7 Å². The van der Waals surface area contributed by atoms with Crippen molar-refractivity contribution in [3.8, 4) is 28.6 Å². The van der Waals surface area contributed by atoms with Crippen LogP contribution in [0.3, 0.4) is 0 Å². The minimum Gasteiger partial charge on any atom is -0.447 e. The molecule has 2 aromatic carbocycles. The van der Waals surface area contributed by atoms with E-state index in [4.69, 9.17) is 9.72 Å². The van der Waals surface area contributed by atoms with E-state index in [9.17, 15) is 14.9 Å². The fourth-order valence-corrected chi connectivity index (χ4v) is 6.35. The Bertz CT molecular complexity index is 1710. The lowest BCUT2D eigenvalue weighted by atomic mass is 10.0. The van der Waals surface area contributed by atoms with Crippen LogP contribution in [-0.2, 0) is 4.74 Å². The smallest absolute Gasteiger partial charge is 0.410 e. The minimum atomic E-state index is -0.228. The number of nitriles is 1. The number of nitrogens with zero attached hydrogens (tertiary/aromatic N) is 5. The molecule has 0 bridgehead atoms. The third-order valence-electron chi connectivity index (χ3n) is 8.71. The maximum Gasteiger partial charge on any atom is 0.410 e. The summed E-state index contributed by atoms with van der Waals surface area (Å²) in [5.41, 5.74) is 6.18. The normalized spacial score (nSPS) is 16.3. The van der Waals surface area contributed by atoms with Crippen LogP contribution < -0.4 is 0 Å². The average Bonchev–Trinajstić information content (AvgIpc) is 3.38. The molecule has 6 rings (SSSR count). The van der Waals surface area contributed by atoms with Gasteiger partial charge in [-0.25, -0.2) is 9.78 Å². The topological polar surface area (TPSA) is 106 Å². The van der Waals surface area contributed by atoms with Gasteiger partial charge in [-0.05, 0) is 57.9 Å². The number of hydrogen-bond acceptors (Lipinski definition) is 6. The first-order valence-corrected chi connectivity index (χ1v) is 15.4. The van der Waals surface area contributed by atoms with Crippen molar-refractivity contribution in [1.29, 1.82) is 5.26 Å². The average molecular weight is 591 g/mol. The lowest BCUT2D eigenvalue weighted by Gasteiger charge is -2.42. The van der Waals surface area contributed by atoms with Crippen LogP contribution in [0.25, 0.3) is 33.4 Å². The summed E-state index contributed by atoms with van der Waals surface area (Å²) in [6, 6.07) is 22.3. The highest BCUT2D eigenvalue weighted by molar-refractivity contribution is 5.97. The Morgan fingerprint density at radius 3 is 2.25 bits per heavy atom. The lowest BCUT2D eigenvalue weighted by molar-refractivity contribution is 0.0359. The molecule has 0 spiro atoms. The second kappa shape index (κ2) is 12.5. The van der Waals surface area contributed by atoms with Crippen LogP contribution in [0, 0.1) is 18.3 Å². The summed E-state index contributed by atoms with van der Waals surface area (Å²) in [6.45, 7) is 9.93. The first-order chi connectivity index (χ1) is 21.3. The third kappa shape index (κ3) is 6.03. The van der Waals surface area contributed by atoms with Gasteiger partial charge in [0.15, 0.2) is 0 Å². The monoisotopic (exact) mass is 590 g/mol. The number of aryl methyl sites for hydroxylation is 1. The van der Waals surface area contributed by atoms with E-state index in [0.717, 1.165) is 59.3 Å². The Morgan fingerprint density at radius 2 is 1.59 bits per heavy atom. The number of H-pyrrole nitrogens is 1. The van der Waals surface area contributed by atoms with Crippen LogP contribution >= 0.6 is 0 Å². The molecule has 2 fully saturated rings. The van der Waals surface area contributed by atoms with Crippen molar-refractivity contribution in [2.75, 3.05) is 39.3 Å². The minimum absolute atomic E-state index is 0.00647. The number of pyridine rings is 1. The molecule has 226 valence electrons. The predicted molar refractivity (Wildman–Crippen MR) is 170 cm³/mol. The Hall–Kier alpha value is -4.68. The Balaban J connectivity index is 1.20. The first-order valence-electron chi connectivity index (χ1n) is 15.4. The van der Waals surface area contributed by atoms with Crippen molar-refractivity contribution in [2.45, 2.75) is 45.8 Å². The standard InChI is InChI=1S/C35H38N6O3/c1-23(2)44-35(43)41-13-11-28(12-14-41)39-15-17-40(18-16-39)34(42)27-20-32(25-7-5-4-6-8-25)38-33(21-27)26-9-10-31-29(19-26)30(22-36)24(3)37-31/h4-10,19-21,23,28,37H,11-18H2,1-3H3. The molecule has 0 radical (unpaired) electrons. The molecule has 9 nitrogen and oxygen atoms in total. The van der Waals surface area contributed by atoms with Gasteiger partial charge in [0.25, 0.3) is 5.91 Å². The van der Waals surface area contributed by atoms with E-state index in [0.29, 0.717) is 49.0 Å². The summed E-state index contributed by atoms with van der Waals surface area (Å²) in [4.78, 5) is 40.7. The number of likely N-dealkylation sites (tertiary alicyclic amines) is 1. The van der Waals surface area contributed by atoms with Crippen LogP contribution in [-0.4, -0.2) is 88.1 Å². The second-order valence-electron chi connectivity index (χ2n) is 12.0. The summed E-state index contributed by atoms with van der Waals surface area (Å²) in [7, 11) is 0. The molecule has 1 N–H and O–H groups in total. The fraction of sp³-hybridized carbons (Fsp3) is 0.371. The molecule has 0 saturated carbocycles. The number of aromatic amines is 1. The molecular weight excluding hydrogens is 552 g/mol. The Labute approximate surface area is 258 Å². The van der Waals surface area contributed by atoms with Crippen LogP contribution in [0.4, 0.5) is 4.79 Å². The molecule has 2 amide bonds. The highest BCUT2D eigenvalue weighted by atomic mass is 16.6. The third-order valence-corrected chi connectivity index (χ3v) is 8.71. The van der Waals surface area contributed by atoms with Gasteiger partial charge >= 0.3 is 6.09 Å². The van der Waals surface area contributed by atoms with Gasteiger partial charge in [-0.3, -0.25) is 9.69 Å². The maximum atomic E-state index is 13.9. The molecule has 0 aliphatic carbocycles. The van der Waals surface area contributed by atoms with Gasteiger partial charge in [0, 0.05) is 78.6 Å². The predicted octanol–water partition coefficient (Wildman–Crippen LogP) is 5.84. The number of carbonyl (C=O) groups is 2. The van der Waals surface area contributed by atoms with E-state index >= 15 is 0 Å². The van der Waals surface area contributed by atoms with Crippen molar-refractivity contribution in [3.05, 3.63) is 77.5 Å². The number of nitrogens with one attached hydrogen (secondary N) is 1. The zero-order valence-electron chi connectivity index (χ0n) is 25.5. The molecule has 2 saturated heterocycles. The summed E-state index contributed by atoms with van der Waals surface area (Å²) in [6.07, 6.45) is 1.48. The number of rotatable bonds is 5. The Morgan fingerprint density at radius 1 is 0.909 bits per heavy atom. The van der Waals surface area contributed by atoms with E-state index in [-0.39, 0.29) is 18.1 Å². The molecule has 4 aromatic rings. The molecular formula is C35H38N6O3. The maximum absolute atomic E-state index is 13.9. The highest BCUT2D eigenvalue weighted by Crippen LogP contribution is 2.30. The summed E-state index contributed by atoms with van der Waals surface area (Å²) < 4.78 is 5.37. The number of benzene rings is 2. The van der Waals surface area contributed by atoms with Gasteiger partial charge in [-0.15, -0.1) is 0 Å². The van der Waals surface area contributed by atoms with Crippen LogP contribution in [0.1, 0.15) is 48.3 Å². The van der Waals surface area contributed by atoms with Crippen LogP contribution in [0.5, 0.6) is 0 Å². The van der Waals surface area contributed by atoms with Gasteiger partial charge < -0.3 is 19.5 Å². The number of aromatic nitrogens is 2. The molecule has 44 heavy (non-hydrogen) atoms. The van der Waals surface area contributed by atoms with Gasteiger partial charge in [-0.2, -0.15) is 5.26 Å². The molecule has 4 heterocycles. The van der Waals surface area contributed by atoms with Crippen LogP contribution in [0.15, 0.2) is 60.7 Å². The largest absolute Gasteiger partial charge is 0.447 e. The number of piperazine rings is 1. The van der Waals surface area contributed by atoms with Gasteiger partial charge in [0.2, 0.25) is 0 Å². The molecule has 2 aliphatic heterocycles. The van der Waals surface area contributed by atoms with Gasteiger partial charge in [-0.1, -0.05) is 36.4 Å². The van der Waals surface area contributed by atoms with Crippen molar-refractivity contribution < 1.29 is 14.3 Å². The van der Waals surface area contributed by atoms with E-state index in [1.54, 1.807) is 4.90 Å². The van der Waals surface area contributed by atoms with E-state index < -0.39 is 0 Å². The summed E-state index contributed by atoms with van der Waals surface area (Å²) in [5, 5.41) is 10.6. The van der Waals surface area contributed by atoms with E-state index in [1.165, 1.54) is 0 Å². The van der Waals surface area contributed by atoms with Gasteiger partial charge in [0.1, 0.15) is 6.07 Å². The molecule has 0 unspecified atom stereocenters. The fourth-order valence-electron chi connectivity index (χ4n) is 6.35. The quantitative estimate of drug-likeness (QED) is 0.313. The number of fused-ring (bicyclic) bond motifs is 1. The van der Waals surface area contributed by atoms with E-state index in [1.807, 2.05) is 86.3 Å². The number of amides is 2. The Kier molecular flexibility index (Phi) is 8.36.